The fourth-order valence-corrected chi connectivity index (χ4v) is 1.40. The summed E-state index contributed by atoms with van der Waals surface area (Å²) in [5.41, 5.74) is 0. The lowest BCUT2D eigenvalue weighted by Crippen LogP contribution is -1.78. The van der Waals surface area contributed by atoms with Gasteiger partial charge in [0, 0.05) is 0 Å². The molecule has 0 nitrogen and oxygen atoms in total. The second-order valence-electron chi connectivity index (χ2n) is 3.33. The molecule has 0 heteroatoms. The molecule has 0 spiro atoms. The van der Waals surface area contributed by atoms with Gasteiger partial charge in [-0.1, -0.05) is 24.3 Å². The fraction of sp³-hybridized carbons (Fsp3) is 0.583. The summed E-state index contributed by atoms with van der Waals surface area (Å²) in [6.07, 6.45) is 20.5. The Bertz CT molecular complexity index is 126. The number of hydrogen-bond acceptors (Lipinski definition) is 0. The third kappa shape index (κ3) is 5.17. The van der Waals surface area contributed by atoms with E-state index in [-0.39, 0.29) is 0 Å². The van der Waals surface area contributed by atoms with Gasteiger partial charge in [-0.15, -0.1) is 0 Å². The minimum atomic E-state index is 1.17. The van der Waals surface area contributed by atoms with E-state index in [1.165, 1.54) is 44.9 Å². The molecule has 1 aliphatic carbocycles. The molecule has 0 saturated heterocycles. The summed E-state index contributed by atoms with van der Waals surface area (Å²) in [5, 5.41) is 0. The minimum Gasteiger partial charge on any atom is -0.0885 e. The third-order valence-corrected chi connectivity index (χ3v) is 2.16. The van der Waals surface area contributed by atoms with E-state index in [1.807, 2.05) is 0 Å². The Morgan fingerprint density at radius 2 is 1.17 bits per heavy atom. The molecule has 1 radical (unpaired) electrons. The smallest absolute Gasteiger partial charge is 0.0319 e. The van der Waals surface area contributed by atoms with Crippen LogP contribution in [0.4, 0.5) is 0 Å². The van der Waals surface area contributed by atoms with E-state index < -0.39 is 0 Å². The molecule has 0 aromatic rings. The maximum atomic E-state index is 2.38. The molecule has 0 N–H and O–H groups in total. The van der Waals surface area contributed by atoms with Crippen molar-refractivity contribution in [2.75, 3.05) is 0 Å². The van der Waals surface area contributed by atoms with Crippen LogP contribution in [0.5, 0.6) is 0 Å². The Morgan fingerprint density at radius 3 is 1.92 bits per heavy atom. The second-order valence-corrected chi connectivity index (χ2v) is 3.33. The average Bonchev–Trinajstić information content (AvgIpc) is 2.05. The molecule has 0 aliphatic heterocycles. The van der Waals surface area contributed by atoms with Crippen LogP contribution < -0.4 is 0 Å². The molecule has 0 aromatic carbocycles. The summed E-state index contributed by atoms with van der Waals surface area (Å²) in [6.45, 7) is 0. The first-order valence-electron chi connectivity index (χ1n) is 5.12. The Morgan fingerprint density at radius 1 is 0.583 bits per heavy atom. The maximum Gasteiger partial charge on any atom is -0.0319 e. The molecule has 0 atom stereocenters. The van der Waals surface area contributed by atoms with E-state index in [0.29, 0.717) is 0 Å². The van der Waals surface area contributed by atoms with Crippen LogP contribution in [0.3, 0.4) is 0 Å². The molecule has 1 rings (SSSR count). The van der Waals surface area contributed by atoms with Crippen molar-refractivity contribution in [3.8, 4) is 0 Å². The van der Waals surface area contributed by atoms with Gasteiger partial charge in [-0.3, -0.25) is 0 Å². The predicted molar refractivity (Wildman–Crippen MR) is 54.9 cm³/mol. The Hall–Kier alpha value is -0.520. The molecule has 0 saturated carbocycles. The van der Waals surface area contributed by atoms with Gasteiger partial charge in [-0.05, 0) is 51.4 Å². The first kappa shape index (κ1) is 9.57. The summed E-state index contributed by atoms with van der Waals surface area (Å²) in [4.78, 5) is 0. The highest BCUT2D eigenvalue weighted by molar-refractivity contribution is 4.90. The summed E-state index contributed by atoms with van der Waals surface area (Å²) in [7, 11) is 0. The van der Waals surface area contributed by atoms with Gasteiger partial charge in [0.1, 0.15) is 0 Å². The lowest BCUT2D eigenvalue weighted by Gasteiger charge is -1.97. The molecule has 0 bridgehead atoms. The van der Waals surface area contributed by atoms with Crippen LogP contribution >= 0.6 is 0 Å². The molecular formula is C12H19. The zero-order valence-corrected chi connectivity index (χ0v) is 7.84. The highest BCUT2D eigenvalue weighted by Gasteiger charge is 1.88. The van der Waals surface area contributed by atoms with Crippen LogP contribution in [0, 0.1) is 6.42 Å². The predicted octanol–water partition coefficient (Wildman–Crippen LogP) is 4.05. The van der Waals surface area contributed by atoms with E-state index in [2.05, 4.69) is 30.7 Å². The van der Waals surface area contributed by atoms with Crippen molar-refractivity contribution >= 4 is 0 Å². The van der Waals surface area contributed by atoms with Gasteiger partial charge in [0.25, 0.3) is 0 Å². The molecule has 0 unspecified atom stereocenters. The normalized spacial score (nSPS) is 26.7. The topological polar surface area (TPSA) is 0 Å². The van der Waals surface area contributed by atoms with E-state index in [1.54, 1.807) is 0 Å². The fourth-order valence-electron chi connectivity index (χ4n) is 1.40. The van der Waals surface area contributed by atoms with Crippen molar-refractivity contribution in [3.05, 3.63) is 30.7 Å². The molecule has 1 aliphatic rings. The van der Waals surface area contributed by atoms with Crippen LogP contribution in [0.1, 0.15) is 44.9 Å². The van der Waals surface area contributed by atoms with Crippen molar-refractivity contribution < 1.29 is 0 Å². The van der Waals surface area contributed by atoms with Crippen LogP contribution in [0.15, 0.2) is 24.3 Å². The molecule has 12 heavy (non-hydrogen) atoms. The minimum absolute atomic E-state index is 1.17. The lowest BCUT2D eigenvalue weighted by atomic mass is 10.1. The van der Waals surface area contributed by atoms with Gasteiger partial charge in [-0.25, -0.2) is 0 Å². The standard InChI is InChI=1S/C12H19/c1-2-4-6-8-10-12-11-9-7-5-3-1/h1-2,5,10,12H,3-4,6-9,11H2/b2-1+,12-10+. The monoisotopic (exact) mass is 163 g/mol. The zero-order chi connectivity index (χ0) is 8.49. The molecule has 0 fully saturated rings. The first-order chi connectivity index (χ1) is 6.00. The first-order valence-corrected chi connectivity index (χ1v) is 5.12. The quantitative estimate of drug-likeness (QED) is 0.473. The van der Waals surface area contributed by atoms with Crippen molar-refractivity contribution in [1.82, 2.24) is 0 Å². The van der Waals surface area contributed by atoms with Crippen molar-refractivity contribution in [1.29, 1.82) is 0 Å². The van der Waals surface area contributed by atoms with E-state index in [0.717, 1.165) is 0 Å². The molecule has 0 amide bonds. The Balaban J connectivity index is 2.19. The largest absolute Gasteiger partial charge is 0.0885 e. The van der Waals surface area contributed by atoms with Crippen molar-refractivity contribution in [2.24, 2.45) is 0 Å². The summed E-state index contributed by atoms with van der Waals surface area (Å²) < 4.78 is 0. The van der Waals surface area contributed by atoms with E-state index >= 15 is 0 Å². The molecule has 0 aromatic heterocycles. The third-order valence-electron chi connectivity index (χ3n) is 2.16. The van der Waals surface area contributed by atoms with Gasteiger partial charge < -0.3 is 0 Å². The summed E-state index contributed by atoms with van der Waals surface area (Å²) >= 11 is 0. The SMILES string of the molecule is [CH]1C/C=C/CCC/C=C/CCC1. The van der Waals surface area contributed by atoms with Crippen LogP contribution in [-0.4, -0.2) is 0 Å². The van der Waals surface area contributed by atoms with Gasteiger partial charge >= 0.3 is 0 Å². The van der Waals surface area contributed by atoms with E-state index in [9.17, 15) is 0 Å². The van der Waals surface area contributed by atoms with Crippen LogP contribution in [0.25, 0.3) is 0 Å². The highest BCUT2D eigenvalue weighted by atomic mass is 13.9. The zero-order valence-electron chi connectivity index (χ0n) is 7.84. The average molecular weight is 163 g/mol. The maximum absolute atomic E-state index is 2.38. The van der Waals surface area contributed by atoms with Crippen molar-refractivity contribution in [2.45, 2.75) is 44.9 Å². The molecule has 67 valence electrons. The number of rotatable bonds is 0. The van der Waals surface area contributed by atoms with Gasteiger partial charge in [0.2, 0.25) is 0 Å². The number of allylic oxidation sites excluding steroid dienone is 4. The van der Waals surface area contributed by atoms with Gasteiger partial charge in [-0.2, -0.15) is 0 Å². The van der Waals surface area contributed by atoms with E-state index in [4.69, 9.17) is 0 Å². The lowest BCUT2D eigenvalue weighted by molar-refractivity contribution is 0.795. The van der Waals surface area contributed by atoms with Crippen LogP contribution in [0.2, 0.25) is 0 Å². The second kappa shape index (κ2) is 7.15. The highest BCUT2D eigenvalue weighted by Crippen LogP contribution is 2.07. The molecular weight excluding hydrogens is 144 g/mol. The van der Waals surface area contributed by atoms with Crippen molar-refractivity contribution in [3.63, 3.8) is 0 Å². The Labute approximate surface area is 76.4 Å². The summed E-state index contributed by atoms with van der Waals surface area (Å²) in [5.74, 6) is 0. The molecule has 0 heterocycles. The van der Waals surface area contributed by atoms with Crippen LogP contribution in [-0.2, 0) is 0 Å². The Kier molecular flexibility index (Phi) is 5.70. The summed E-state index contributed by atoms with van der Waals surface area (Å²) in [6, 6.07) is 0. The van der Waals surface area contributed by atoms with Gasteiger partial charge in [0.15, 0.2) is 0 Å². The number of hydrogen-bond donors (Lipinski definition) is 0. The van der Waals surface area contributed by atoms with Gasteiger partial charge in [0.05, 0.1) is 0 Å².